The SMILES string of the molecule is CCNc1cc(Nc2ccc(N(CC)CC)cc2)ccn1. The highest BCUT2D eigenvalue weighted by atomic mass is 15.1. The standard InChI is InChI=1S/C17H24N4/c1-4-18-17-13-15(11-12-19-17)20-14-7-9-16(10-8-14)21(5-2)6-3/h7-13H,4-6H2,1-3H3,(H2,18,19,20). The lowest BCUT2D eigenvalue weighted by Gasteiger charge is -2.21. The lowest BCUT2D eigenvalue weighted by molar-refractivity contribution is 0.866. The van der Waals surface area contributed by atoms with Gasteiger partial charge in [0.15, 0.2) is 0 Å². The largest absolute Gasteiger partial charge is 0.372 e. The molecule has 0 saturated heterocycles. The van der Waals surface area contributed by atoms with Crippen molar-refractivity contribution in [2.24, 2.45) is 0 Å². The summed E-state index contributed by atoms with van der Waals surface area (Å²) < 4.78 is 0. The van der Waals surface area contributed by atoms with Gasteiger partial charge in [-0.15, -0.1) is 0 Å². The van der Waals surface area contributed by atoms with E-state index in [9.17, 15) is 0 Å². The Bertz CT molecular complexity index is 547. The summed E-state index contributed by atoms with van der Waals surface area (Å²) in [5.41, 5.74) is 3.38. The number of benzene rings is 1. The molecule has 0 aliphatic heterocycles. The number of anilines is 4. The number of pyridine rings is 1. The van der Waals surface area contributed by atoms with E-state index in [-0.39, 0.29) is 0 Å². The van der Waals surface area contributed by atoms with Crippen molar-refractivity contribution in [3.63, 3.8) is 0 Å². The molecule has 0 aliphatic rings. The minimum absolute atomic E-state index is 0.870. The normalized spacial score (nSPS) is 10.2. The van der Waals surface area contributed by atoms with Crippen LogP contribution >= 0.6 is 0 Å². The van der Waals surface area contributed by atoms with Gasteiger partial charge in [-0.1, -0.05) is 0 Å². The first-order chi connectivity index (χ1) is 10.3. The molecule has 0 bridgehead atoms. The van der Waals surface area contributed by atoms with Gasteiger partial charge in [0, 0.05) is 49.0 Å². The van der Waals surface area contributed by atoms with Gasteiger partial charge in [0.1, 0.15) is 5.82 Å². The van der Waals surface area contributed by atoms with E-state index in [2.05, 4.69) is 65.6 Å². The summed E-state index contributed by atoms with van der Waals surface area (Å²) in [6.07, 6.45) is 1.81. The second kappa shape index (κ2) is 7.53. The van der Waals surface area contributed by atoms with Crippen molar-refractivity contribution >= 4 is 22.9 Å². The number of hydrogen-bond donors (Lipinski definition) is 2. The number of nitrogens with zero attached hydrogens (tertiary/aromatic N) is 2. The van der Waals surface area contributed by atoms with E-state index in [1.807, 2.05) is 18.3 Å². The van der Waals surface area contributed by atoms with Crippen molar-refractivity contribution in [2.45, 2.75) is 20.8 Å². The summed E-state index contributed by atoms with van der Waals surface area (Å²) in [6, 6.07) is 12.5. The van der Waals surface area contributed by atoms with Gasteiger partial charge in [0.2, 0.25) is 0 Å². The molecule has 21 heavy (non-hydrogen) atoms. The first-order valence-corrected chi connectivity index (χ1v) is 7.58. The summed E-state index contributed by atoms with van der Waals surface area (Å²) in [7, 11) is 0. The maximum atomic E-state index is 4.27. The van der Waals surface area contributed by atoms with Crippen molar-refractivity contribution in [3.05, 3.63) is 42.6 Å². The number of nitrogens with one attached hydrogen (secondary N) is 2. The molecule has 2 N–H and O–H groups in total. The number of rotatable bonds is 7. The predicted molar refractivity (Wildman–Crippen MR) is 91.7 cm³/mol. The first-order valence-electron chi connectivity index (χ1n) is 7.58. The smallest absolute Gasteiger partial charge is 0.127 e. The molecule has 2 aromatic rings. The molecule has 4 nitrogen and oxygen atoms in total. The fourth-order valence-electron chi connectivity index (χ4n) is 2.30. The Kier molecular flexibility index (Phi) is 5.43. The quantitative estimate of drug-likeness (QED) is 0.803. The van der Waals surface area contributed by atoms with Crippen LogP contribution in [-0.4, -0.2) is 24.6 Å². The van der Waals surface area contributed by atoms with E-state index in [0.717, 1.165) is 36.8 Å². The van der Waals surface area contributed by atoms with Crippen LogP contribution in [0, 0.1) is 0 Å². The van der Waals surface area contributed by atoms with Crippen LogP contribution in [0.5, 0.6) is 0 Å². The fourth-order valence-corrected chi connectivity index (χ4v) is 2.30. The van der Waals surface area contributed by atoms with Crippen LogP contribution in [0.25, 0.3) is 0 Å². The Hall–Kier alpha value is -2.23. The third kappa shape index (κ3) is 4.12. The van der Waals surface area contributed by atoms with Crippen LogP contribution in [0.2, 0.25) is 0 Å². The zero-order valence-corrected chi connectivity index (χ0v) is 13.1. The molecule has 0 fully saturated rings. The summed E-state index contributed by atoms with van der Waals surface area (Å²) >= 11 is 0. The Morgan fingerprint density at radius 2 is 1.67 bits per heavy atom. The molecular formula is C17H24N4. The topological polar surface area (TPSA) is 40.2 Å². The molecule has 1 aromatic carbocycles. The van der Waals surface area contributed by atoms with Crippen LogP contribution < -0.4 is 15.5 Å². The lowest BCUT2D eigenvalue weighted by Crippen LogP contribution is -2.21. The molecule has 0 unspecified atom stereocenters. The number of aromatic nitrogens is 1. The molecule has 2 rings (SSSR count). The van der Waals surface area contributed by atoms with Gasteiger partial charge in [-0.05, 0) is 51.1 Å². The first kappa shape index (κ1) is 15.2. The van der Waals surface area contributed by atoms with E-state index in [1.165, 1.54) is 5.69 Å². The van der Waals surface area contributed by atoms with Gasteiger partial charge in [0.05, 0.1) is 0 Å². The van der Waals surface area contributed by atoms with E-state index in [1.54, 1.807) is 0 Å². The van der Waals surface area contributed by atoms with Crippen molar-refractivity contribution in [1.82, 2.24) is 4.98 Å². The number of hydrogen-bond acceptors (Lipinski definition) is 4. The van der Waals surface area contributed by atoms with Gasteiger partial charge >= 0.3 is 0 Å². The van der Waals surface area contributed by atoms with Gasteiger partial charge < -0.3 is 15.5 Å². The van der Waals surface area contributed by atoms with E-state index >= 15 is 0 Å². The molecular weight excluding hydrogens is 260 g/mol. The maximum Gasteiger partial charge on any atom is 0.127 e. The van der Waals surface area contributed by atoms with Crippen LogP contribution in [0.3, 0.4) is 0 Å². The third-order valence-corrected chi connectivity index (χ3v) is 3.40. The average Bonchev–Trinajstić information content (AvgIpc) is 2.51. The summed E-state index contributed by atoms with van der Waals surface area (Å²) in [4.78, 5) is 6.61. The van der Waals surface area contributed by atoms with Crippen molar-refractivity contribution in [2.75, 3.05) is 35.2 Å². The monoisotopic (exact) mass is 284 g/mol. The van der Waals surface area contributed by atoms with Gasteiger partial charge in [-0.25, -0.2) is 4.98 Å². The van der Waals surface area contributed by atoms with Gasteiger partial charge in [-0.3, -0.25) is 0 Å². The van der Waals surface area contributed by atoms with E-state index in [4.69, 9.17) is 0 Å². The predicted octanol–water partition coefficient (Wildman–Crippen LogP) is 4.10. The second-order valence-electron chi connectivity index (χ2n) is 4.80. The van der Waals surface area contributed by atoms with Gasteiger partial charge in [-0.2, -0.15) is 0 Å². The van der Waals surface area contributed by atoms with E-state index in [0.29, 0.717) is 0 Å². The van der Waals surface area contributed by atoms with Gasteiger partial charge in [0.25, 0.3) is 0 Å². The van der Waals surface area contributed by atoms with E-state index < -0.39 is 0 Å². The summed E-state index contributed by atoms with van der Waals surface area (Å²) in [6.45, 7) is 9.34. The van der Waals surface area contributed by atoms with Crippen molar-refractivity contribution in [1.29, 1.82) is 0 Å². The Morgan fingerprint density at radius 3 is 2.29 bits per heavy atom. The highest BCUT2D eigenvalue weighted by Gasteiger charge is 2.02. The summed E-state index contributed by atoms with van der Waals surface area (Å²) in [5, 5.41) is 6.62. The van der Waals surface area contributed by atoms with Crippen LogP contribution in [0.15, 0.2) is 42.6 Å². The van der Waals surface area contributed by atoms with Crippen LogP contribution in [-0.2, 0) is 0 Å². The third-order valence-electron chi connectivity index (χ3n) is 3.40. The maximum absolute atomic E-state index is 4.27. The Labute approximate surface area is 127 Å². The molecule has 112 valence electrons. The lowest BCUT2D eigenvalue weighted by atomic mass is 10.2. The minimum Gasteiger partial charge on any atom is -0.372 e. The molecule has 0 radical (unpaired) electrons. The van der Waals surface area contributed by atoms with Crippen molar-refractivity contribution < 1.29 is 0 Å². The second-order valence-corrected chi connectivity index (χ2v) is 4.80. The fraction of sp³-hybridized carbons (Fsp3) is 0.353. The molecule has 4 heteroatoms. The van der Waals surface area contributed by atoms with Crippen molar-refractivity contribution in [3.8, 4) is 0 Å². The molecule has 0 atom stereocenters. The molecule has 0 aliphatic carbocycles. The highest BCUT2D eigenvalue weighted by molar-refractivity contribution is 5.64. The molecule has 0 saturated carbocycles. The average molecular weight is 284 g/mol. The van der Waals surface area contributed by atoms with Crippen LogP contribution in [0.4, 0.5) is 22.9 Å². The zero-order chi connectivity index (χ0) is 15.1. The minimum atomic E-state index is 0.870. The highest BCUT2D eigenvalue weighted by Crippen LogP contribution is 2.22. The zero-order valence-electron chi connectivity index (χ0n) is 13.1. The molecule has 1 aromatic heterocycles. The molecule has 0 amide bonds. The molecule has 0 spiro atoms. The Morgan fingerprint density at radius 1 is 0.952 bits per heavy atom. The summed E-state index contributed by atoms with van der Waals surface area (Å²) in [5.74, 6) is 0.891. The Balaban J connectivity index is 2.08. The van der Waals surface area contributed by atoms with Crippen LogP contribution in [0.1, 0.15) is 20.8 Å². The molecule has 1 heterocycles.